The van der Waals surface area contributed by atoms with E-state index in [1.54, 1.807) is 4.90 Å². The highest BCUT2D eigenvalue weighted by atomic mass is 32.2. The molecule has 1 N–H and O–H groups in total. The molecule has 1 aliphatic heterocycles. The molecule has 1 heterocycles. The van der Waals surface area contributed by atoms with Gasteiger partial charge in [-0.05, 0) is 34.6 Å². The SMILES string of the molecule is CC(C)OC1CN(C(=O)OC(C)(C)C)CCC1=O.CS(=O)(=O)O. The molecule has 0 aromatic rings. The van der Waals surface area contributed by atoms with Gasteiger partial charge < -0.3 is 14.4 Å². The van der Waals surface area contributed by atoms with Crippen molar-refractivity contribution in [2.45, 2.75) is 58.8 Å². The first-order chi connectivity index (χ1) is 10.2. The number of carbonyl (C=O) groups is 2. The highest BCUT2D eigenvalue weighted by Gasteiger charge is 2.33. The third kappa shape index (κ3) is 12.0. The molecule has 0 aliphatic carbocycles. The predicted molar refractivity (Wildman–Crippen MR) is 84.9 cm³/mol. The summed E-state index contributed by atoms with van der Waals surface area (Å²) < 4.78 is 36.7. The lowest BCUT2D eigenvalue weighted by molar-refractivity contribution is -0.138. The first kappa shape index (κ1) is 21.8. The van der Waals surface area contributed by atoms with Crippen LogP contribution in [0.5, 0.6) is 0 Å². The molecule has 1 fully saturated rings. The first-order valence-corrected chi connectivity index (χ1v) is 9.12. The van der Waals surface area contributed by atoms with Gasteiger partial charge in [0.25, 0.3) is 10.1 Å². The van der Waals surface area contributed by atoms with E-state index in [9.17, 15) is 18.0 Å². The third-order valence-corrected chi connectivity index (χ3v) is 2.46. The largest absolute Gasteiger partial charge is 0.444 e. The van der Waals surface area contributed by atoms with Gasteiger partial charge in [-0.1, -0.05) is 0 Å². The summed E-state index contributed by atoms with van der Waals surface area (Å²) in [5.41, 5.74) is -0.521. The maximum Gasteiger partial charge on any atom is 0.410 e. The summed E-state index contributed by atoms with van der Waals surface area (Å²) in [4.78, 5) is 25.1. The summed E-state index contributed by atoms with van der Waals surface area (Å²) >= 11 is 0. The Bertz CT molecular complexity index is 500. The van der Waals surface area contributed by atoms with E-state index in [0.29, 0.717) is 19.2 Å². The van der Waals surface area contributed by atoms with Crippen molar-refractivity contribution >= 4 is 22.0 Å². The van der Waals surface area contributed by atoms with E-state index in [1.165, 1.54) is 0 Å². The van der Waals surface area contributed by atoms with E-state index in [2.05, 4.69) is 0 Å². The second-order valence-electron chi connectivity index (χ2n) is 6.55. The molecule has 0 aromatic carbocycles. The molecule has 1 amide bonds. The Morgan fingerprint density at radius 2 is 1.83 bits per heavy atom. The number of nitrogens with zero attached hydrogens (tertiary/aromatic N) is 1. The molecular weight excluding hydrogens is 326 g/mol. The van der Waals surface area contributed by atoms with E-state index in [1.807, 2.05) is 34.6 Å². The molecule has 0 bridgehead atoms. The third-order valence-electron chi connectivity index (χ3n) is 2.46. The molecule has 0 saturated carbocycles. The van der Waals surface area contributed by atoms with Crippen LogP contribution in [0.3, 0.4) is 0 Å². The molecule has 1 aliphatic rings. The summed E-state index contributed by atoms with van der Waals surface area (Å²) in [6.45, 7) is 9.91. The average Bonchev–Trinajstić information content (AvgIpc) is 2.26. The molecule has 23 heavy (non-hydrogen) atoms. The molecule has 1 unspecified atom stereocenters. The van der Waals surface area contributed by atoms with Gasteiger partial charge in [0.1, 0.15) is 11.7 Å². The normalized spacial score (nSPS) is 19.2. The minimum atomic E-state index is -3.67. The van der Waals surface area contributed by atoms with Crippen LogP contribution in [0.25, 0.3) is 0 Å². The van der Waals surface area contributed by atoms with Crippen LogP contribution in [0, 0.1) is 0 Å². The molecular formula is C14H27NO7S. The monoisotopic (exact) mass is 353 g/mol. The Morgan fingerprint density at radius 3 is 2.22 bits per heavy atom. The standard InChI is InChI=1S/C13H23NO4.CH4O3S/c1-9(2)17-11-8-14(7-6-10(11)15)12(16)18-13(3,4)5;1-5(2,3)4/h9,11H,6-8H2,1-5H3;1H3,(H,2,3,4). The van der Waals surface area contributed by atoms with E-state index in [0.717, 1.165) is 0 Å². The van der Waals surface area contributed by atoms with Crippen molar-refractivity contribution in [1.29, 1.82) is 0 Å². The van der Waals surface area contributed by atoms with Crippen molar-refractivity contribution in [3.63, 3.8) is 0 Å². The lowest BCUT2D eigenvalue weighted by Gasteiger charge is -2.33. The first-order valence-electron chi connectivity index (χ1n) is 7.27. The quantitative estimate of drug-likeness (QED) is 0.749. The van der Waals surface area contributed by atoms with Gasteiger partial charge in [0.15, 0.2) is 5.78 Å². The highest BCUT2D eigenvalue weighted by Crippen LogP contribution is 2.16. The van der Waals surface area contributed by atoms with Crippen LogP contribution in [0.4, 0.5) is 4.79 Å². The number of amides is 1. The van der Waals surface area contributed by atoms with Gasteiger partial charge in [-0.3, -0.25) is 9.35 Å². The zero-order valence-corrected chi connectivity index (χ0v) is 15.3. The van der Waals surface area contributed by atoms with Crippen LogP contribution in [0.1, 0.15) is 41.0 Å². The summed E-state index contributed by atoms with van der Waals surface area (Å²) in [6, 6.07) is 0. The smallest absolute Gasteiger partial charge is 0.410 e. The summed E-state index contributed by atoms with van der Waals surface area (Å²) in [7, 11) is -3.67. The summed E-state index contributed by atoms with van der Waals surface area (Å²) in [5.74, 6) is 0.0588. The van der Waals surface area contributed by atoms with Crippen LogP contribution < -0.4 is 0 Å². The van der Waals surface area contributed by atoms with Crippen molar-refractivity contribution in [2.75, 3.05) is 19.3 Å². The number of rotatable bonds is 2. The van der Waals surface area contributed by atoms with Gasteiger partial charge in [0, 0.05) is 13.0 Å². The second-order valence-corrected chi connectivity index (χ2v) is 8.02. The Hall–Kier alpha value is -1.19. The number of ketones is 1. The maximum atomic E-state index is 11.9. The molecule has 136 valence electrons. The maximum absolute atomic E-state index is 11.9. The number of carbonyl (C=O) groups excluding carboxylic acids is 2. The number of likely N-dealkylation sites (tertiary alicyclic amines) is 1. The Balaban J connectivity index is 0.000000841. The van der Waals surface area contributed by atoms with Crippen LogP contribution in [-0.2, 0) is 24.4 Å². The van der Waals surface area contributed by atoms with Gasteiger partial charge in [-0.15, -0.1) is 0 Å². The fraction of sp³-hybridized carbons (Fsp3) is 0.857. The molecule has 0 spiro atoms. The van der Waals surface area contributed by atoms with E-state index in [4.69, 9.17) is 14.0 Å². The number of piperidine rings is 1. The van der Waals surface area contributed by atoms with E-state index >= 15 is 0 Å². The van der Waals surface area contributed by atoms with Crippen LogP contribution in [0.15, 0.2) is 0 Å². The van der Waals surface area contributed by atoms with Crippen molar-refractivity contribution in [2.24, 2.45) is 0 Å². The number of hydrogen-bond donors (Lipinski definition) is 1. The molecule has 1 saturated heterocycles. The summed E-state index contributed by atoms with van der Waals surface area (Å²) in [6.07, 6.45) is 0.111. The predicted octanol–water partition coefficient (Wildman–Crippen LogP) is 1.49. The topological polar surface area (TPSA) is 110 Å². The van der Waals surface area contributed by atoms with Crippen LogP contribution >= 0.6 is 0 Å². The fourth-order valence-electron chi connectivity index (χ4n) is 1.74. The minimum absolute atomic E-state index is 0.0301. The summed E-state index contributed by atoms with van der Waals surface area (Å²) in [5, 5.41) is 0. The number of Topliss-reactive ketones (excluding diaryl/α,β-unsaturated/α-hetero) is 1. The molecule has 8 nitrogen and oxygen atoms in total. The molecule has 9 heteroatoms. The van der Waals surface area contributed by atoms with Crippen LogP contribution in [0.2, 0.25) is 0 Å². The minimum Gasteiger partial charge on any atom is -0.444 e. The zero-order valence-electron chi connectivity index (χ0n) is 14.5. The van der Waals surface area contributed by atoms with Gasteiger partial charge in [0.2, 0.25) is 0 Å². The lowest BCUT2D eigenvalue weighted by atomic mass is 10.1. The van der Waals surface area contributed by atoms with Gasteiger partial charge >= 0.3 is 6.09 Å². The van der Waals surface area contributed by atoms with Gasteiger partial charge in [-0.25, -0.2) is 4.79 Å². The fourth-order valence-corrected chi connectivity index (χ4v) is 1.74. The molecule has 0 radical (unpaired) electrons. The van der Waals surface area contributed by atoms with E-state index < -0.39 is 21.8 Å². The van der Waals surface area contributed by atoms with Gasteiger partial charge in [0.05, 0.1) is 18.9 Å². The van der Waals surface area contributed by atoms with E-state index in [-0.39, 0.29) is 24.5 Å². The molecule has 1 atom stereocenters. The average molecular weight is 353 g/mol. The van der Waals surface area contributed by atoms with Crippen molar-refractivity contribution in [1.82, 2.24) is 4.90 Å². The second kappa shape index (κ2) is 8.60. The Kier molecular flexibility index (Phi) is 8.16. The molecule has 0 aromatic heterocycles. The lowest BCUT2D eigenvalue weighted by Crippen LogP contribution is -2.50. The highest BCUT2D eigenvalue weighted by molar-refractivity contribution is 7.85. The number of ether oxygens (including phenoxy) is 2. The molecule has 1 rings (SSSR count). The van der Waals surface area contributed by atoms with Crippen molar-refractivity contribution in [3.05, 3.63) is 0 Å². The van der Waals surface area contributed by atoms with Gasteiger partial charge in [-0.2, -0.15) is 8.42 Å². The zero-order chi connectivity index (χ0) is 18.4. The van der Waals surface area contributed by atoms with Crippen molar-refractivity contribution < 1.29 is 32.0 Å². The Morgan fingerprint density at radius 1 is 1.35 bits per heavy atom. The Labute approximate surface area is 137 Å². The van der Waals surface area contributed by atoms with Crippen molar-refractivity contribution in [3.8, 4) is 0 Å². The van der Waals surface area contributed by atoms with Crippen LogP contribution in [-0.4, -0.2) is 66.9 Å². The number of hydrogen-bond acceptors (Lipinski definition) is 6.